The van der Waals surface area contributed by atoms with Crippen LogP contribution in [-0.4, -0.2) is 22.8 Å². The van der Waals surface area contributed by atoms with Gasteiger partial charge < -0.3 is 5.43 Å². The highest BCUT2D eigenvalue weighted by atomic mass is 32.2. The van der Waals surface area contributed by atoms with Gasteiger partial charge in [0.05, 0.1) is 17.7 Å². The van der Waals surface area contributed by atoms with E-state index in [1.54, 1.807) is 35.3 Å². The molecular weight excluding hydrogens is 312 g/mol. The van der Waals surface area contributed by atoms with Crippen LogP contribution in [0.1, 0.15) is 5.69 Å². The van der Waals surface area contributed by atoms with Crippen molar-refractivity contribution in [3.05, 3.63) is 41.0 Å². The van der Waals surface area contributed by atoms with Gasteiger partial charge in [-0.1, -0.05) is 6.07 Å². The molecule has 8 nitrogen and oxygen atoms in total. The first-order chi connectivity index (χ1) is 10.1. The van der Waals surface area contributed by atoms with Crippen LogP contribution in [0.3, 0.4) is 0 Å². The van der Waals surface area contributed by atoms with Gasteiger partial charge in [0.2, 0.25) is 0 Å². The normalized spacial score (nSPS) is 11.9. The molecule has 3 heterocycles. The van der Waals surface area contributed by atoms with Crippen LogP contribution in [0.15, 0.2) is 40.3 Å². The summed E-state index contributed by atoms with van der Waals surface area (Å²) in [6.07, 6.45) is 1.61. The van der Waals surface area contributed by atoms with Crippen LogP contribution in [0.2, 0.25) is 0 Å². The Labute approximate surface area is 124 Å². The Hall–Kier alpha value is -2.01. The minimum Gasteiger partial charge on any atom is -0.306 e. The lowest BCUT2D eigenvalue weighted by Crippen LogP contribution is -2.26. The SMILES string of the molecule is NNc1nc2ccccn2c1S(=O)(=O)NCc1cscn1. The van der Waals surface area contributed by atoms with E-state index < -0.39 is 10.0 Å². The van der Waals surface area contributed by atoms with Crippen molar-refractivity contribution in [3.8, 4) is 0 Å². The van der Waals surface area contributed by atoms with Crippen molar-refractivity contribution in [2.45, 2.75) is 11.6 Å². The highest BCUT2D eigenvalue weighted by Gasteiger charge is 2.24. The number of nitrogens with two attached hydrogens (primary N) is 1. The molecule has 10 heteroatoms. The highest BCUT2D eigenvalue weighted by Crippen LogP contribution is 2.21. The van der Waals surface area contributed by atoms with Gasteiger partial charge in [0.25, 0.3) is 10.0 Å². The Kier molecular flexibility index (Phi) is 3.59. The fraction of sp³-hybridized carbons (Fsp3) is 0.0909. The molecule has 0 aliphatic heterocycles. The summed E-state index contributed by atoms with van der Waals surface area (Å²) in [7, 11) is -3.79. The monoisotopic (exact) mass is 324 g/mol. The molecule has 0 saturated carbocycles. The molecule has 0 atom stereocenters. The van der Waals surface area contributed by atoms with E-state index in [4.69, 9.17) is 5.84 Å². The number of imidazole rings is 1. The third kappa shape index (κ3) is 2.61. The van der Waals surface area contributed by atoms with E-state index in [0.29, 0.717) is 11.3 Å². The number of hydrazine groups is 1. The number of hydrogen-bond acceptors (Lipinski definition) is 7. The number of aromatic nitrogens is 3. The lowest BCUT2D eigenvalue weighted by molar-refractivity contribution is 0.576. The maximum atomic E-state index is 12.5. The first kappa shape index (κ1) is 13.9. The molecule has 4 N–H and O–H groups in total. The molecule has 110 valence electrons. The number of rotatable bonds is 5. The van der Waals surface area contributed by atoms with Gasteiger partial charge in [0.15, 0.2) is 10.8 Å². The third-order valence-corrected chi connectivity index (χ3v) is 4.86. The third-order valence-electron chi connectivity index (χ3n) is 2.80. The van der Waals surface area contributed by atoms with Crippen molar-refractivity contribution in [1.29, 1.82) is 0 Å². The maximum Gasteiger partial charge on any atom is 0.260 e. The average molecular weight is 324 g/mol. The smallest absolute Gasteiger partial charge is 0.260 e. The molecule has 3 aromatic rings. The molecule has 0 fully saturated rings. The molecule has 3 rings (SSSR count). The number of hydrogen-bond donors (Lipinski definition) is 3. The molecule has 0 saturated heterocycles. The van der Waals surface area contributed by atoms with E-state index >= 15 is 0 Å². The summed E-state index contributed by atoms with van der Waals surface area (Å²) in [6, 6.07) is 5.18. The molecule has 0 radical (unpaired) electrons. The maximum absolute atomic E-state index is 12.5. The minimum atomic E-state index is -3.79. The Balaban J connectivity index is 2.01. The van der Waals surface area contributed by atoms with Crippen molar-refractivity contribution >= 4 is 32.8 Å². The number of sulfonamides is 1. The quantitative estimate of drug-likeness (QED) is 0.466. The number of nitrogens with zero attached hydrogens (tertiary/aromatic N) is 3. The zero-order chi connectivity index (χ0) is 14.9. The minimum absolute atomic E-state index is 0.0316. The predicted molar refractivity (Wildman–Crippen MR) is 79.1 cm³/mol. The molecule has 0 aromatic carbocycles. The number of nitrogens with one attached hydrogen (secondary N) is 2. The van der Waals surface area contributed by atoms with E-state index in [2.05, 4.69) is 20.1 Å². The molecule has 0 aliphatic carbocycles. The molecule has 0 spiro atoms. The molecular formula is C11H12N6O2S2. The van der Waals surface area contributed by atoms with E-state index in [9.17, 15) is 8.42 Å². The van der Waals surface area contributed by atoms with Gasteiger partial charge in [-0.3, -0.25) is 4.40 Å². The fourth-order valence-electron chi connectivity index (χ4n) is 1.89. The predicted octanol–water partition coefficient (Wildman–Crippen LogP) is 0.555. The molecule has 0 amide bonds. The van der Waals surface area contributed by atoms with E-state index in [1.807, 2.05) is 0 Å². The number of nitrogen functional groups attached to an aromatic ring is 1. The van der Waals surface area contributed by atoms with Crippen molar-refractivity contribution in [2.24, 2.45) is 5.84 Å². The first-order valence-electron chi connectivity index (χ1n) is 5.92. The Morgan fingerprint density at radius 3 is 2.95 bits per heavy atom. The second kappa shape index (κ2) is 5.41. The highest BCUT2D eigenvalue weighted by molar-refractivity contribution is 7.89. The average Bonchev–Trinajstić information content (AvgIpc) is 3.12. The largest absolute Gasteiger partial charge is 0.306 e. The van der Waals surface area contributed by atoms with Crippen LogP contribution >= 0.6 is 11.3 Å². The van der Waals surface area contributed by atoms with Gasteiger partial charge in [-0.05, 0) is 12.1 Å². The number of pyridine rings is 1. The van der Waals surface area contributed by atoms with Gasteiger partial charge in [0.1, 0.15) is 5.65 Å². The zero-order valence-corrected chi connectivity index (χ0v) is 12.4. The van der Waals surface area contributed by atoms with E-state index in [-0.39, 0.29) is 17.4 Å². The summed E-state index contributed by atoms with van der Waals surface area (Å²) < 4.78 is 28.9. The van der Waals surface area contributed by atoms with Crippen molar-refractivity contribution in [1.82, 2.24) is 19.1 Å². The summed E-state index contributed by atoms with van der Waals surface area (Å²) >= 11 is 1.40. The first-order valence-corrected chi connectivity index (χ1v) is 8.35. The van der Waals surface area contributed by atoms with Crippen molar-refractivity contribution in [3.63, 3.8) is 0 Å². The summed E-state index contributed by atoms with van der Waals surface area (Å²) in [5, 5.41) is 1.75. The second-order valence-electron chi connectivity index (χ2n) is 4.14. The van der Waals surface area contributed by atoms with Crippen molar-refractivity contribution in [2.75, 3.05) is 5.43 Å². The van der Waals surface area contributed by atoms with Crippen LogP contribution in [0.25, 0.3) is 5.65 Å². The van der Waals surface area contributed by atoms with Crippen LogP contribution in [0.5, 0.6) is 0 Å². The van der Waals surface area contributed by atoms with Crippen molar-refractivity contribution < 1.29 is 8.42 Å². The lowest BCUT2D eigenvalue weighted by atomic mass is 10.5. The standard InChI is InChI=1S/C11H12N6O2S2/c12-16-10-11(17-4-2-1-3-9(17)15-10)21(18,19)14-5-8-6-20-7-13-8/h1-4,6-7,14,16H,5,12H2. The topological polar surface area (TPSA) is 114 Å². The number of anilines is 1. The lowest BCUT2D eigenvalue weighted by Gasteiger charge is -2.07. The van der Waals surface area contributed by atoms with Gasteiger partial charge >= 0.3 is 0 Å². The molecule has 21 heavy (non-hydrogen) atoms. The molecule has 0 unspecified atom stereocenters. The van der Waals surface area contributed by atoms with Gasteiger partial charge in [-0.2, -0.15) is 0 Å². The van der Waals surface area contributed by atoms with Crippen LogP contribution in [0.4, 0.5) is 5.82 Å². The van der Waals surface area contributed by atoms with Gasteiger partial charge in [-0.25, -0.2) is 29.0 Å². The van der Waals surface area contributed by atoms with E-state index in [0.717, 1.165) is 0 Å². The molecule has 0 aliphatic rings. The Morgan fingerprint density at radius 1 is 1.38 bits per heavy atom. The fourth-order valence-corrected chi connectivity index (χ4v) is 3.69. The van der Waals surface area contributed by atoms with Gasteiger partial charge in [0, 0.05) is 11.6 Å². The van der Waals surface area contributed by atoms with Crippen LogP contribution in [0, 0.1) is 0 Å². The molecule has 0 bridgehead atoms. The number of fused-ring (bicyclic) bond motifs is 1. The Bertz CT molecular complexity index is 856. The van der Waals surface area contributed by atoms with Gasteiger partial charge in [-0.15, -0.1) is 11.3 Å². The van der Waals surface area contributed by atoms with E-state index in [1.165, 1.54) is 15.7 Å². The van der Waals surface area contributed by atoms with Crippen LogP contribution < -0.4 is 16.0 Å². The van der Waals surface area contributed by atoms with Crippen LogP contribution in [-0.2, 0) is 16.6 Å². The second-order valence-corrected chi connectivity index (χ2v) is 6.54. The summed E-state index contributed by atoms with van der Waals surface area (Å²) in [5.74, 6) is 5.46. The summed E-state index contributed by atoms with van der Waals surface area (Å²) in [6.45, 7) is 0.107. The summed E-state index contributed by atoms with van der Waals surface area (Å²) in [4.78, 5) is 8.17. The Morgan fingerprint density at radius 2 is 2.24 bits per heavy atom. The summed E-state index contributed by atoms with van der Waals surface area (Å²) in [5.41, 5.74) is 5.10. The number of thiazole rings is 1. The molecule has 3 aromatic heterocycles. The zero-order valence-electron chi connectivity index (χ0n) is 10.7.